The van der Waals surface area contributed by atoms with Crippen LogP contribution in [-0.2, 0) is 6.54 Å². The Morgan fingerprint density at radius 2 is 1.75 bits per heavy atom. The first-order chi connectivity index (χ1) is 12.7. The molecule has 28 heavy (non-hydrogen) atoms. The smallest absolute Gasteiger partial charge is 0.133 e. The highest BCUT2D eigenvalue weighted by atomic mass is 35.5. The van der Waals surface area contributed by atoms with Crippen molar-refractivity contribution in [1.82, 2.24) is 9.88 Å². The van der Waals surface area contributed by atoms with E-state index in [1.165, 1.54) is 23.0 Å². The van der Waals surface area contributed by atoms with Crippen LogP contribution in [0.1, 0.15) is 17.2 Å². The van der Waals surface area contributed by atoms with E-state index in [0.717, 1.165) is 30.3 Å². The molecule has 1 aromatic heterocycles. The molecule has 2 aromatic carbocycles. The Labute approximate surface area is 181 Å². The second kappa shape index (κ2) is 10.3. The highest BCUT2D eigenvalue weighted by Gasteiger charge is 2.33. The lowest BCUT2D eigenvalue weighted by molar-refractivity contribution is 0.314. The van der Waals surface area contributed by atoms with Gasteiger partial charge in [0, 0.05) is 36.5 Å². The van der Waals surface area contributed by atoms with Gasteiger partial charge in [0.1, 0.15) is 10.8 Å². The summed E-state index contributed by atoms with van der Waals surface area (Å²) >= 11 is 1.50. The van der Waals surface area contributed by atoms with Crippen LogP contribution in [0, 0.1) is 11.7 Å². The number of benzene rings is 2. The second-order valence-electron chi connectivity index (χ2n) is 6.83. The minimum Gasteiger partial charge on any atom is -0.330 e. The summed E-state index contributed by atoms with van der Waals surface area (Å²) in [6.45, 7) is 3.43. The third kappa shape index (κ3) is 4.91. The van der Waals surface area contributed by atoms with Crippen LogP contribution >= 0.6 is 36.2 Å². The van der Waals surface area contributed by atoms with Gasteiger partial charge in [-0.15, -0.1) is 36.2 Å². The maximum absolute atomic E-state index is 14.0. The number of nitrogens with zero attached hydrogens (tertiary/aromatic N) is 2. The topological polar surface area (TPSA) is 42.1 Å². The van der Waals surface area contributed by atoms with Crippen LogP contribution in [0.4, 0.5) is 4.39 Å². The summed E-state index contributed by atoms with van der Waals surface area (Å²) in [5, 5.41) is 2.78. The first-order valence-corrected chi connectivity index (χ1v) is 9.79. The van der Waals surface area contributed by atoms with Gasteiger partial charge in [-0.1, -0.05) is 42.5 Å². The Hall–Kier alpha value is -1.50. The van der Waals surface area contributed by atoms with E-state index in [0.29, 0.717) is 23.9 Å². The van der Waals surface area contributed by atoms with E-state index in [1.807, 2.05) is 17.5 Å². The van der Waals surface area contributed by atoms with Gasteiger partial charge in [0.2, 0.25) is 0 Å². The summed E-state index contributed by atoms with van der Waals surface area (Å²) < 4.78 is 14.0. The molecule has 0 saturated carbocycles. The van der Waals surface area contributed by atoms with Crippen LogP contribution in [-0.4, -0.2) is 29.5 Å². The van der Waals surface area contributed by atoms with Gasteiger partial charge < -0.3 is 5.73 Å². The largest absolute Gasteiger partial charge is 0.330 e. The molecule has 1 aliphatic rings. The monoisotopic (exact) mass is 439 g/mol. The molecular weight excluding hydrogens is 416 g/mol. The molecule has 0 bridgehead atoms. The predicted octanol–water partition coefficient (Wildman–Crippen LogP) is 4.97. The zero-order valence-electron chi connectivity index (χ0n) is 15.3. The van der Waals surface area contributed by atoms with Crippen molar-refractivity contribution in [2.75, 3.05) is 19.6 Å². The average Bonchev–Trinajstić information content (AvgIpc) is 3.30. The van der Waals surface area contributed by atoms with Crippen molar-refractivity contribution in [2.24, 2.45) is 11.7 Å². The zero-order valence-corrected chi connectivity index (χ0v) is 17.8. The SMILES string of the molecule is Cl.Cl.NC[C@@H]1CN(Cc2csc(-c3ccccc3F)n2)C[C@H]1c1ccccc1. The van der Waals surface area contributed by atoms with Gasteiger partial charge in [0.15, 0.2) is 0 Å². The number of halogens is 3. The number of aromatic nitrogens is 1. The van der Waals surface area contributed by atoms with Crippen molar-refractivity contribution in [2.45, 2.75) is 12.5 Å². The van der Waals surface area contributed by atoms with Gasteiger partial charge in [-0.3, -0.25) is 4.90 Å². The van der Waals surface area contributed by atoms with Gasteiger partial charge in [0.05, 0.1) is 5.69 Å². The molecule has 3 nitrogen and oxygen atoms in total. The molecule has 7 heteroatoms. The van der Waals surface area contributed by atoms with E-state index in [-0.39, 0.29) is 30.6 Å². The van der Waals surface area contributed by atoms with E-state index < -0.39 is 0 Å². The molecule has 3 aromatic rings. The lowest BCUT2D eigenvalue weighted by atomic mass is 9.89. The van der Waals surface area contributed by atoms with Crippen molar-refractivity contribution in [3.05, 3.63) is 77.1 Å². The first-order valence-electron chi connectivity index (χ1n) is 8.91. The molecule has 2 atom stereocenters. The predicted molar refractivity (Wildman–Crippen MR) is 119 cm³/mol. The van der Waals surface area contributed by atoms with Crippen LogP contribution in [0.5, 0.6) is 0 Å². The Bertz CT molecular complexity index is 875. The van der Waals surface area contributed by atoms with E-state index in [4.69, 9.17) is 5.73 Å². The zero-order chi connectivity index (χ0) is 17.9. The Morgan fingerprint density at radius 3 is 2.46 bits per heavy atom. The Morgan fingerprint density at radius 1 is 1.04 bits per heavy atom. The third-order valence-corrected chi connectivity index (χ3v) is 6.01. The maximum Gasteiger partial charge on any atom is 0.133 e. The van der Waals surface area contributed by atoms with E-state index in [9.17, 15) is 4.39 Å². The first kappa shape index (κ1) is 22.8. The molecule has 1 aliphatic heterocycles. The van der Waals surface area contributed by atoms with Crippen LogP contribution in [0.2, 0.25) is 0 Å². The lowest BCUT2D eigenvalue weighted by Crippen LogP contribution is -2.23. The maximum atomic E-state index is 14.0. The van der Waals surface area contributed by atoms with Crippen LogP contribution in [0.15, 0.2) is 60.0 Å². The highest BCUT2D eigenvalue weighted by Crippen LogP contribution is 2.33. The number of thiazole rings is 1. The van der Waals surface area contributed by atoms with Crippen LogP contribution in [0.25, 0.3) is 10.6 Å². The fourth-order valence-corrected chi connectivity index (χ4v) is 4.61. The van der Waals surface area contributed by atoms with Gasteiger partial charge in [-0.25, -0.2) is 9.37 Å². The van der Waals surface area contributed by atoms with Crippen molar-refractivity contribution in [3.63, 3.8) is 0 Å². The summed E-state index contributed by atoms with van der Waals surface area (Å²) in [7, 11) is 0. The molecule has 1 saturated heterocycles. The van der Waals surface area contributed by atoms with Gasteiger partial charge >= 0.3 is 0 Å². The Kier molecular flexibility index (Phi) is 8.40. The number of nitrogens with two attached hydrogens (primary N) is 1. The highest BCUT2D eigenvalue weighted by molar-refractivity contribution is 7.13. The molecule has 1 fully saturated rings. The minimum absolute atomic E-state index is 0. The fraction of sp³-hybridized carbons (Fsp3) is 0.286. The molecular formula is C21H24Cl2FN3S. The number of likely N-dealkylation sites (tertiary alicyclic amines) is 1. The summed E-state index contributed by atoms with van der Waals surface area (Å²) in [5.41, 5.74) is 8.96. The van der Waals surface area contributed by atoms with Crippen molar-refractivity contribution < 1.29 is 4.39 Å². The van der Waals surface area contributed by atoms with E-state index in [1.54, 1.807) is 12.1 Å². The van der Waals surface area contributed by atoms with E-state index >= 15 is 0 Å². The third-order valence-electron chi connectivity index (χ3n) is 5.09. The molecule has 2 heterocycles. The molecule has 0 radical (unpaired) electrons. The molecule has 0 unspecified atom stereocenters. The normalized spacial score (nSPS) is 19.1. The molecule has 2 N–H and O–H groups in total. The molecule has 4 rings (SSSR count). The van der Waals surface area contributed by atoms with Gasteiger partial charge in [0.25, 0.3) is 0 Å². The molecule has 0 spiro atoms. The number of hydrogen-bond acceptors (Lipinski definition) is 4. The molecule has 0 amide bonds. The fourth-order valence-electron chi connectivity index (χ4n) is 3.77. The van der Waals surface area contributed by atoms with E-state index in [2.05, 4.69) is 34.1 Å². The van der Waals surface area contributed by atoms with Gasteiger partial charge in [-0.05, 0) is 30.2 Å². The summed E-state index contributed by atoms with van der Waals surface area (Å²) in [5.74, 6) is 0.704. The summed E-state index contributed by atoms with van der Waals surface area (Å²) in [6.07, 6.45) is 0. The van der Waals surface area contributed by atoms with Crippen molar-refractivity contribution >= 4 is 36.2 Å². The Balaban J connectivity index is 0.00000140. The number of hydrogen-bond donors (Lipinski definition) is 1. The quantitative estimate of drug-likeness (QED) is 0.610. The van der Waals surface area contributed by atoms with Crippen molar-refractivity contribution in [3.8, 4) is 10.6 Å². The molecule has 150 valence electrons. The van der Waals surface area contributed by atoms with Crippen molar-refractivity contribution in [1.29, 1.82) is 0 Å². The minimum atomic E-state index is -0.220. The summed E-state index contributed by atoms with van der Waals surface area (Å²) in [6, 6.07) is 17.4. The number of rotatable bonds is 5. The van der Waals surface area contributed by atoms with Gasteiger partial charge in [-0.2, -0.15) is 0 Å². The lowest BCUT2D eigenvalue weighted by Gasteiger charge is -2.16. The van der Waals surface area contributed by atoms with Crippen LogP contribution in [0.3, 0.4) is 0 Å². The standard InChI is InChI=1S/C21H22FN3S.2ClH/c22-20-9-5-4-8-18(20)21-24-17(14-26-21)12-25-11-16(10-23)19(13-25)15-6-2-1-3-7-15;;/h1-9,14,16,19H,10-13,23H2;2*1H/t16-,19+;;/m1../s1. The molecule has 0 aliphatic carbocycles. The second-order valence-corrected chi connectivity index (χ2v) is 7.69. The average molecular weight is 440 g/mol. The summed E-state index contributed by atoms with van der Waals surface area (Å²) in [4.78, 5) is 7.07. The van der Waals surface area contributed by atoms with Crippen LogP contribution < -0.4 is 5.73 Å².